The van der Waals surface area contributed by atoms with Crippen LogP contribution in [0.15, 0.2) is 54.6 Å². The summed E-state index contributed by atoms with van der Waals surface area (Å²) in [5.41, 5.74) is 7.13. The smallest absolute Gasteiger partial charge is 0.326 e. The standard InChI is InChI=1S/C29H38N4O8/c1-3-17(2)25(29(40)41)33-28(39)23(16-19-9-11-20(34)12-10-19)32-27(38)22(15-18-7-5-4-6-8-18)31-26(37)21(30)13-14-24(35)36/h4-12,17,21-23,25,34H,3,13-16,30H2,1-2H3,(H,31,37)(H,32,38)(H,33,39)(H,35,36)(H,40,41)/t17-,21-,22-,23-,25-/m0/s1. The number of aromatic hydroxyl groups is 1. The molecular formula is C29H38N4O8. The normalized spacial score (nSPS) is 14.5. The van der Waals surface area contributed by atoms with Gasteiger partial charge in [-0.3, -0.25) is 19.2 Å². The van der Waals surface area contributed by atoms with E-state index < -0.39 is 53.8 Å². The average molecular weight is 571 g/mol. The minimum Gasteiger partial charge on any atom is -0.508 e. The van der Waals surface area contributed by atoms with Crippen LogP contribution < -0.4 is 21.7 Å². The zero-order chi connectivity index (χ0) is 30.5. The molecule has 0 radical (unpaired) electrons. The largest absolute Gasteiger partial charge is 0.508 e. The number of phenols is 1. The molecule has 0 bridgehead atoms. The summed E-state index contributed by atoms with van der Waals surface area (Å²) in [7, 11) is 0. The van der Waals surface area contributed by atoms with Crippen LogP contribution in [0.5, 0.6) is 5.75 Å². The summed E-state index contributed by atoms with van der Waals surface area (Å²) in [4.78, 5) is 62.4. The van der Waals surface area contributed by atoms with Gasteiger partial charge in [0, 0.05) is 19.3 Å². The topological polar surface area (TPSA) is 208 Å². The van der Waals surface area contributed by atoms with Crippen molar-refractivity contribution in [2.45, 2.75) is 70.1 Å². The van der Waals surface area contributed by atoms with E-state index in [1.807, 2.05) is 0 Å². The number of carbonyl (C=O) groups is 5. The van der Waals surface area contributed by atoms with Gasteiger partial charge in [-0.25, -0.2) is 4.79 Å². The number of carboxylic acids is 2. The van der Waals surface area contributed by atoms with E-state index in [4.69, 9.17) is 10.8 Å². The van der Waals surface area contributed by atoms with Gasteiger partial charge in [-0.15, -0.1) is 0 Å². The Morgan fingerprint density at radius 3 is 1.80 bits per heavy atom. The third kappa shape index (κ3) is 10.9. The molecule has 0 unspecified atom stereocenters. The lowest BCUT2D eigenvalue weighted by molar-refractivity contribution is -0.144. The molecule has 0 saturated heterocycles. The molecule has 2 aromatic rings. The molecule has 0 aliphatic heterocycles. The predicted molar refractivity (Wildman–Crippen MR) is 150 cm³/mol. The van der Waals surface area contributed by atoms with E-state index in [-0.39, 0.29) is 37.4 Å². The van der Waals surface area contributed by atoms with Crippen molar-refractivity contribution in [3.8, 4) is 5.75 Å². The van der Waals surface area contributed by atoms with Crippen molar-refractivity contribution in [2.75, 3.05) is 0 Å². The number of carboxylic acid groups (broad SMARTS) is 2. The van der Waals surface area contributed by atoms with Crippen LogP contribution in [0.2, 0.25) is 0 Å². The molecule has 8 N–H and O–H groups in total. The molecule has 12 nitrogen and oxygen atoms in total. The highest BCUT2D eigenvalue weighted by Crippen LogP contribution is 2.14. The lowest BCUT2D eigenvalue weighted by Crippen LogP contribution is -2.58. The summed E-state index contributed by atoms with van der Waals surface area (Å²) < 4.78 is 0. The molecule has 0 fully saturated rings. The number of nitrogens with two attached hydrogens (primary N) is 1. The fourth-order valence-corrected chi connectivity index (χ4v) is 4.03. The Kier molecular flexibility index (Phi) is 12.8. The summed E-state index contributed by atoms with van der Waals surface area (Å²) in [6, 6.07) is 9.98. The second-order valence-electron chi connectivity index (χ2n) is 9.93. The maximum atomic E-state index is 13.5. The molecule has 0 aliphatic rings. The maximum Gasteiger partial charge on any atom is 0.326 e. The minimum absolute atomic E-state index is 0.00590. The lowest BCUT2D eigenvalue weighted by atomic mass is 9.97. The number of benzene rings is 2. The van der Waals surface area contributed by atoms with Crippen LogP contribution in [0.3, 0.4) is 0 Å². The summed E-state index contributed by atoms with van der Waals surface area (Å²) in [6.07, 6.45) is 0.0233. The second-order valence-corrected chi connectivity index (χ2v) is 9.93. The molecule has 2 rings (SSSR count). The first-order chi connectivity index (χ1) is 19.4. The van der Waals surface area contributed by atoms with Crippen molar-refractivity contribution < 1.29 is 39.3 Å². The van der Waals surface area contributed by atoms with Crippen LogP contribution in [0.4, 0.5) is 0 Å². The monoisotopic (exact) mass is 570 g/mol. The van der Waals surface area contributed by atoms with E-state index >= 15 is 0 Å². The molecule has 12 heteroatoms. The molecule has 222 valence electrons. The summed E-state index contributed by atoms with van der Waals surface area (Å²) in [5, 5.41) is 35.9. The van der Waals surface area contributed by atoms with Gasteiger partial charge in [-0.1, -0.05) is 62.7 Å². The second kappa shape index (κ2) is 16.0. The molecule has 5 atom stereocenters. The van der Waals surface area contributed by atoms with E-state index in [9.17, 15) is 34.2 Å². The average Bonchev–Trinajstić information content (AvgIpc) is 2.94. The third-order valence-electron chi connectivity index (χ3n) is 6.71. The number of rotatable bonds is 16. The first kappa shape index (κ1) is 32.8. The Morgan fingerprint density at radius 1 is 0.780 bits per heavy atom. The molecule has 41 heavy (non-hydrogen) atoms. The summed E-state index contributed by atoms with van der Waals surface area (Å²) in [5.74, 6) is -4.90. The van der Waals surface area contributed by atoms with Crippen molar-refractivity contribution in [1.82, 2.24) is 16.0 Å². The van der Waals surface area contributed by atoms with Gasteiger partial charge >= 0.3 is 11.9 Å². The fourth-order valence-electron chi connectivity index (χ4n) is 4.03. The van der Waals surface area contributed by atoms with Crippen LogP contribution in [0.1, 0.15) is 44.2 Å². The molecule has 3 amide bonds. The van der Waals surface area contributed by atoms with Gasteiger partial charge in [0.05, 0.1) is 6.04 Å². The van der Waals surface area contributed by atoms with Gasteiger partial charge in [0.15, 0.2) is 0 Å². The van der Waals surface area contributed by atoms with E-state index in [0.717, 1.165) is 0 Å². The molecule has 0 saturated carbocycles. The first-order valence-corrected chi connectivity index (χ1v) is 13.3. The zero-order valence-corrected chi connectivity index (χ0v) is 23.1. The first-order valence-electron chi connectivity index (χ1n) is 13.3. The Bertz CT molecular complexity index is 1190. The van der Waals surface area contributed by atoms with Gasteiger partial charge in [0.25, 0.3) is 0 Å². The van der Waals surface area contributed by atoms with E-state index in [0.29, 0.717) is 17.5 Å². The Balaban J connectivity index is 2.32. The molecular weight excluding hydrogens is 532 g/mol. The van der Waals surface area contributed by atoms with E-state index in [2.05, 4.69) is 16.0 Å². The van der Waals surface area contributed by atoms with E-state index in [1.54, 1.807) is 56.3 Å². The van der Waals surface area contributed by atoms with E-state index in [1.165, 1.54) is 12.1 Å². The van der Waals surface area contributed by atoms with Crippen LogP contribution in [-0.4, -0.2) is 69.1 Å². The van der Waals surface area contributed by atoms with Crippen LogP contribution in [0.25, 0.3) is 0 Å². The number of phenolic OH excluding ortho intramolecular Hbond substituents is 1. The van der Waals surface area contributed by atoms with Crippen LogP contribution in [0, 0.1) is 5.92 Å². The Labute approximate surface area is 238 Å². The SMILES string of the molecule is CC[C@H](C)[C@H](NC(=O)[C@H](Cc1ccc(O)cc1)NC(=O)[C@H](Cc1ccccc1)NC(=O)[C@@H](N)CCC(=O)O)C(=O)O. The summed E-state index contributed by atoms with van der Waals surface area (Å²) in [6.45, 7) is 3.48. The summed E-state index contributed by atoms with van der Waals surface area (Å²) >= 11 is 0. The van der Waals surface area contributed by atoms with Crippen molar-refractivity contribution >= 4 is 29.7 Å². The van der Waals surface area contributed by atoms with Gasteiger partial charge < -0.3 is 37.0 Å². The van der Waals surface area contributed by atoms with Crippen molar-refractivity contribution in [3.05, 3.63) is 65.7 Å². The fraction of sp³-hybridized carbons (Fsp3) is 0.414. The van der Waals surface area contributed by atoms with Gasteiger partial charge in [0.1, 0.15) is 23.9 Å². The van der Waals surface area contributed by atoms with Crippen molar-refractivity contribution in [3.63, 3.8) is 0 Å². The highest BCUT2D eigenvalue weighted by Gasteiger charge is 2.32. The van der Waals surface area contributed by atoms with Crippen molar-refractivity contribution in [2.24, 2.45) is 11.7 Å². The Morgan fingerprint density at radius 2 is 1.29 bits per heavy atom. The molecule has 0 aromatic heterocycles. The van der Waals surface area contributed by atoms with Crippen LogP contribution in [-0.2, 0) is 36.8 Å². The van der Waals surface area contributed by atoms with Gasteiger partial charge in [-0.05, 0) is 35.6 Å². The molecule has 0 heterocycles. The van der Waals surface area contributed by atoms with Gasteiger partial charge in [0.2, 0.25) is 17.7 Å². The third-order valence-corrected chi connectivity index (χ3v) is 6.71. The zero-order valence-electron chi connectivity index (χ0n) is 23.1. The van der Waals surface area contributed by atoms with Crippen LogP contribution >= 0.6 is 0 Å². The number of hydrogen-bond acceptors (Lipinski definition) is 7. The van der Waals surface area contributed by atoms with Gasteiger partial charge in [-0.2, -0.15) is 0 Å². The molecule has 0 spiro atoms. The molecule has 0 aliphatic carbocycles. The molecule has 2 aromatic carbocycles. The maximum absolute atomic E-state index is 13.5. The highest BCUT2D eigenvalue weighted by atomic mass is 16.4. The predicted octanol–water partition coefficient (Wildman–Crippen LogP) is 0.955. The number of nitrogens with one attached hydrogen (secondary N) is 3. The number of aliphatic carboxylic acids is 2. The number of amides is 3. The quantitative estimate of drug-likeness (QED) is 0.153. The number of hydrogen-bond donors (Lipinski definition) is 7. The lowest BCUT2D eigenvalue weighted by Gasteiger charge is -2.27. The highest BCUT2D eigenvalue weighted by molar-refractivity contribution is 5.94. The Hall–Kier alpha value is -4.45. The minimum atomic E-state index is -1.23. The van der Waals surface area contributed by atoms with Crippen molar-refractivity contribution in [1.29, 1.82) is 0 Å². The number of carbonyl (C=O) groups excluding carboxylic acids is 3.